The van der Waals surface area contributed by atoms with E-state index in [0.717, 1.165) is 0 Å². The SMILES string of the molecule is CC(=O)Nc1cccc(S(=O)(=O)Nc2onc(C)c2Br)c1. The molecule has 0 aliphatic heterocycles. The van der Waals surface area contributed by atoms with E-state index in [9.17, 15) is 13.2 Å². The molecule has 112 valence electrons. The summed E-state index contributed by atoms with van der Waals surface area (Å²) >= 11 is 3.18. The highest BCUT2D eigenvalue weighted by atomic mass is 79.9. The van der Waals surface area contributed by atoms with Crippen LogP contribution in [0.5, 0.6) is 0 Å². The van der Waals surface area contributed by atoms with Crippen molar-refractivity contribution in [3.8, 4) is 0 Å². The Balaban J connectivity index is 2.31. The fraction of sp³-hybridized carbons (Fsp3) is 0.167. The van der Waals surface area contributed by atoms with Crippen molar-refractivity contribution in [1.29, 1.82) is 0 Å². The van der Waals surface area contributed by atoms with Crippen LogP contribution >= 0.6 is 15.9 Å². The van der Waals surface area contributed by atoms with E-state index in [-0.39, 0.29) is 16.7 Å². The fourth-order valence-corrected chi connectivity index (χ4v) is 2.96. The number of amides is 1. The van der Waals surface area contributed by atoms with Crippen molar-refractivity contribution in [1.82, 2.24) is 5.16 Å². The first kappa shape index (κ1) is 15.5. The van der Waals surface area contributed by atoms with Gasteiger partial charge in [0.15, 0.2) is 0 Å². The molecule has 21 heavy (non-hydrogen) atoms. The highest BCUT2D eigenvalue weighted by Gasteiger charge is 2.20. The smallest absolute Gasteiger partial charge is 0.264 e. The first-order valence-electron chi connectivity index (χ1n) is 5.82. The summed E-state index contributed by atoms with van der Waals surface area (Å²) in [6, 6.07) is 5.88. The minimum Gasteiger partial charge on any atom is -0.336 e. The lowest BCUT2D eigenvalue weighted by Crippen LogP contribution is -2.13. The Morgan fingerprint density at radius 1 is 1.38 bits per heavy atom. The Bertz CT molecular complexity index is 786. The monoisotopic (exact) mass is 373 g/mol. The van der Waals surface area contributed by atoms with Gasteiger partial charge in [-0.1, -0.05) is 11.2 Å². The van der Waals surface area contributed by atoms with Crippen LogP contribution in [0.2, 0.25) is 0 Å². The third kappa shape index (κ3) is 3.61. The van der Waals surface area contributed by atoms with Crippen LogP contribution in [0.3, 0.4) is 0 Å². The Morgan fingerprint density at radius 3 is 2.67 bits per heavy atom. The van der Waals surface area contributed by atoms with Crippen molar-refractivity contribution in [2.45, 2.75) is 18.7 Å². The van der Waals surface area contributed by atoms with Gasteiger partial charge in [0, 0.05) is 12.6 Å². The lowest BCUT2D eigenvalue weighted by molar-refractivity contribution is -0.114. The number of carbonyl (C=O) groups excluding carboxylic acids is 1. The van der Waals surface area contributed by atoms with Crippen LogP contribution in [-0.2, 0) is 14.8 Å². The maximum Gasteiger partial charge on any atom is 0.264 e. The molecular formula is C12H12BrN3O4S. The summed E-state index contributed by atoms with van der Waals surface area (Å²) in [6.45, 7) is 3.01. The number of sulfonamides is 1. The number of nitrogens with zero attached hydrogens (tertiary/aromatic N) is 1. The zero-order chi connectivity index (χ0) is 15.6. The van der Waals surface area contributed by atoms with Crippen molar-refractivity contribution < 1.29 is 17.7 Å². The Hall–Kier alpha value is -1.87. The molecule has 7 nitrogen and oxygen atoms in total. The topological polar surface area (TPSA) is 101 Å². The van der Waals surface area contributed by atoms with Gasteiger partial charge in [-0.25, -0.2) is 13.1 Å². The third-order valence-corrected chi connectivity index (χ3v) is 4.75. The van der Waals surface area contributed by atoms with E-state index in [4.69, 9.17) is 4.52 Å². The summed E-state index contributed by atoms with van der Waals surface area (Å²) in [4.78, 5) is 11.0. The van der Waals surface area contributed by atoms with Gasteiger partial charge in [0.05, 0.1) is 10.6 Å². The van der Waals surface area contributed by atoms with Crippen molar-refractivity contribution in [2.24, 2.45) is 0 Å². The number of anilines is 2. The van der Waals surface area contributed by atoms with Gasteiger partial charge < -0.3 is 9.84 Å². The van der Waals surface area contributed by atoms with Gasteiger partial charge >= 0.3 is 0 Å². The van der Waals surface area contributed by atoms with Gasteiger partial charge in [-0.05, 0) is 41.1 Å². The summed E-state index contributed by atoms with van der Waals surface area (Å²) in [5, 5.41) is 6.17. The number of rotatable bonds is 4. The molecule has 0 spiro atoms. The second kappa shape index (κ2) is 5.86. The van der Waals surface area contributed by atoms with Gasteiger partial charge in [-0.2, -0.15) is 0 Å². The predicted molar refractivity (Wildman–Crippen MR) is 80.5 cm³/mol. The van der Waals surface area contributed by atoms with E-state index in [0.29, 0.717) is 15.9 Å². The van der Waals surface area contributed by atoms with Crippen molar-refractivity contribution >= 4 is 43.4 Å². The Morgan fingerprint density at radius 2 is 2.10 bits per heavy atom. The van der Waals surface area contributed by atoms with E-state index in [1.165, 1.54) is 25.1 Å². The lowest BCUT2D eigenvalue weighted by Gasteiger charge is -2.07. The number of benzene rings is 1. The van der Waals surface area contributed by atoms with Gasteiger partial charge in [0.25, 0.3) is 15.9 Å². The first-order chi connectivity index (χ1) is 9.79. The van der Waals surface area contributed by atoms with E-state index in [1.54, 1.807) is 13.0 Å². The zero-order valence-corrected chi connectivity index (χ0v) is 13.6. The molecule has 2 N–H and O–H groups in total. The summed E-state index contributed by atoms with van der Waals surface area (Å²) < 4.78 is 32.1. The minimum atomic E-state index is -3.85. The summed E-state index contributed by atoms with van der Waals surface area (Å²) in [7, 11) is -3.85. The molecule has 0 atom stereocenters. The number of halogens is 1. The lowest BCUT2D eigenvalue weighted by atomic mass is 10.3. The van der Waals surface area contributed by atoms with Crippen LogP contribution in [0.4, 0.5) is 11.6 Å². The number of aromatic nitrogens is 1. The van der Waals surface area contributed by atoms with Crippen LogP contribution < -0.4 is 10.0 Å². The molecule has 0 aliphatic carbocycles. The molecule has 0 saturated heterocycles. The molecule has 0 bridgehead atoms. The van der Waals surface area contributed by atoms with Crippen molar-refractivity contribution in [2.75, 3.05) is 10.0 Å². The molecule has 0 radical (unpaired) electrons. The third-order valence-electron chi connectivity index (χ3n) is 2.48. The van der Waals surface area contributed by atoms with Gasteiger partial charge in [-0.15, -0.1) is 0 Å². The number of carbonyl (C=O) groups is 1. The molecule has 1 aromatic heterocycles. The summed E-state index contributed by atoms with van der Waals surface area (Å²) in [5.41, 5.74) is 0.915. The predicted octanol–water partition coefficient (Wildman–Crippen LogP) is 2.50. The molecule has 0 aliphatic rings. The van der Waals surface area contributed by atoms with Crippen LogP contribution in [0.15, 0.2) is 38.2 Å². The maximum absolute atomic E-state index is 12.3. The Labute approximate surface area is 129 Å². The normalized spacial score (nSPS) is 11.2. The largest absolute Gasteiger partial charge is 0.336 e. The Kier molecular flexibility index (Phi) is 4.33. The molecule has 0 saturated carbocycles. The quantitative estimate of drug-likeness (QED) is 0.856. The van der Waals surface area contributed by atoms with E-state index >= 15 is 0 Å². The molecule has 9 heteroatoms. The van der Waals surface area contributed by atoms with Crippen LogP contribution in [0.1, 0.15) is 12.6 Å². The second-order valence-electron chi connectivity index (χ2n) is 4.23. The van der Waals surface area contributed by atoms with Gasteiger partial charge in [-0.3, -0.25) is 4.79 Å². The highest BCUT2D eigenvalue weighted by Crippen LogP contribution is 2.28. The van der Waals surface area contributed by atoms with E-state index < -0.39 is 10.0 Å². The average Bonchev–Trinajstić information content (AvgIpc) is 2.70. The molecule has 0 fully saturated rings. The average molecular weight is 374 g/mol. The van der Waals surface area contributed by atoms with Crippen molar-refractivity contribution in [3.05, 3.63) is 34.4 Å². The highest BCUT2D eigenvalue weighted by molar-refractivity contribution is 9.10. The number of nitrogens with one attached hydrogen (secondary N) is 2. The van der Waals surface area contributed by atoms with Crippen LogP contribution in [0, 0.1) is 6.92 Å². The summed E-state index contributed by atoms with van der Waals surface area (Å²) in [6.07, 6.45) is 0. The first-order valence-corrected chi connectivity index (χ1v) is 8.09. The van der Waals surface area contributed by atoms with Gasteiger partial charge in [0.1, 0.15) is 4.47 Å². The van der Waals surface area contributed by atoms with Crippen LogP contribution in [0.25, 0.3) is 0 Å². The number of aryl methyl sites for hydroxylation is 1. The zero-order valence-electron chi connectivity index (χ0n) is 11.2. The van der Waals surface area contributed by atoms with E-state index in [1.807, 2.05) is 0 Å². The second-order valence-corrected chi connectivity index (χ2v) is 6.70. The van der Waals surface area contributed by atoms with Crippen LogP contribution in [-0.4, -0.2) is 19.5 Å². The van der Waals surface area contributed by atoms with Gasteiger partial charge in [0.2, 0.25) is 5.91 Å². The standard InChI is InChI=1S/C12H12BrN3O4S/c1-7-11(13)12(20-15-7)16-21(18,19)10-5-3-4-9(6-10)14-8(2)17/h3-6,16H,1-2H3,(H,14,17). The minimum absolute atomic E-state index is 0.00238. The molecule has 0 unspecified atom stereocenters. The van der Waals surface area contributed by atoms with E-state index in [2.05, 4.69) is 31.1 Å². The molecule has 2 aromatic rings. The molecule has 1 aromatic carbocycles. The fourth-order valence-electron chi connectivity index (χ4n) is 1.55. The molecule has 1 heterocycles. The van der Waals surface area contributed by atoms with Crippen molar-refractivity contribution in [3.63, 3.8) is 0 Å². The number of hydrogen-bond donors (Lipinski definition) is 2. The number of hydrogen-bond acceptors (Lipinski definition) is 5. The summed E-state index contributed by atoms with van der Waals surface area (Å²) in [5.74, 6) is -0.288. The molecule has 2 rings (SSSR count). The molecular weight excluding hydrogens is 362 g/mol. The molecule has 1 amide bonds. The maximum atomic E-state index is 12.3.